The lowest BCUT2D eigenvalue weighted by Gasteiger charge is -2.11. The molecule has 0 aliphatic carbocycles. The smallest absolute Gasteiger partial charge is 0.258 e. The topological polar surface area (TPSA) is 47.6 Å². The highest BCUT2D eigenvalue weighted by atomic mass is 16.5. The summed E-state index contributed by atoms with van der Waals surface area (Å²) in [5.74, 6) is 6.77. The van der Waals surface area contributed by atoms with Gasteiger partial charge in [0.25, 0.3) is 5.91 Å². The zero-order valence-corrected chi connectivity index (χ0v) is 14.4. The number of allylic oxidation sites excluding steroid dienone is 1. The summed E-state index contributed by atoms with van der Waals surface area (Å²) in [6, 6.07) is 15.2. The first-order valence-electron chi connectivity index (χ1n) is 7.97. The molecule has 1 N–H and O–H groups in total. The van der Waals surface area contributed by atoms with Crippen LogP contribution in [0, 0.1) is 11.8 Å². The molecule has 0 aliphatic rings. The fourth-order valence-electron chi connectivity index (χ4n) is 2.10. The van der Waals surface area contributed by atoms with Gasteiger partial charge < -0.3 is 14.8 Å². The largest absolute Gasteiger partial charge is 0.493 e. The molecule has 0 aliphatic heterocycles. The summed E-state index contributed by atoms with van der Waals surface area (Å²) in [6.45, 7) is 2.13. The lowest BCUT2D eigenvalue weighted by molar-refractivity contribution is -0.122. The summed E-state index contributed by atoms with van der Waals surface area (Å²) < 4.78 is 10.8. The molecule has 2 aromatic carbocycles. The third kappa shape index (κ3) is 6.08. The third-order valence-corrected chi connectivity index (χ3v) is 3.29. The quantitative estimate of drug-likeness (QED) is 0.824. The summed E-state index contributed by atoms with van der Waals surface area (Å²) in [5.41, 5.74) is 1.92. The molecule has 0 bridgehead atoms. The number of ether oxygens (including phenoxy) is 2. The van der Waals surface area contributed by atoms with Crippen molar-refractivity contribution in [2.24, 2.45) is 0 Å². The summed E-state index contributed by atoms with van der Waals surface area (Å²) in [4.78, 5) is 11.8. The molecule has 0 fully saturated rings. The number of carbonyl (C=O) groups excluding carboxylic acids is 1. The van der Waals surface area contributed by atoms with Gasteiger partial charge in [0.2, 0.25) is 0 Å². The number of nitrogens with one attached hydrogen (secondary N) is 1. The van der Waals surface area contributed by atoms with Crippen LogP contribution in [0.1, 0.15) is 18.1 Å². The van der Waals surface area contributed by atoms with Crippen LogP contribution in [0.5, 0.6) is 11.5 Å². The fraction of sp³-hybridized carbons (Fsp3) is 0.190. The van der Waals surface area contributed by atoms with E-state index in [0.717, 1.165) is 11.1 Å². The molecule has 1 amide bonds. The lowest BCUT2D eigenvalue weighted by Crippen LogP contribution is -2.29. The highest BCUT2D eigenvalue weighted by molar-refractivity contribution is 5.78. The van der Waals surface area contributed by atoms with Crippen molar-refractivity contribution in [2.45, 2.75) is 6.92 Å². The molecule has 2 rings (SSSR count). The first-order chi connectivity index (χ1) is 12.2. The summed E-state index contributed by atoms with van der Waals surface area (Å²) >= 11 is 0. The molecular formula is C21H21NO3. The SMILES string of the molecule is C/C=C/c1ccc(OCC(=O)NCC#Cc2ccccc2)c(OC)c1. The minimum Gasteiger partial charge on any atom is -0.493 e. The Bertz CT molecular complexity index is 786. The Hall–Kier alpha value is -3.19. The molecule has 0 atom stereocenters. The molecule has 0 saturated heterocycles. The molecule has 4 nitrogen and oxygen atoms in total. The Balaban J connectivity index is 1.83. The van der Waals surface area contributed by atoms with Crippen LogP contribution in [0.15, 0.2) is 54.6 Å². The average molecular weight is 335 g/mol. The summed E-state index contributed by atoms with van der Waals surface area (Å²) in [7, 11) is 1.57. The average Bonchev–Trinajstić information content (AvgIpc) is 2.65. The molecule has 0 aromatic heterocycles. The van der Waals surface area contributed by atoms with E-state index in [2.05, 4.69) is 17.2 Å². The maximum atomic E-state index is 11.8. The van der Waals surface area contributed by atoms with Crippen molar-refractivity contribution in [1.29, 1.82) is 0 Å². The van der Waals surface area contributed by atoms with Crippen molar-refractivity contribution in [3.05, 3.63) is 65.7 Å². The normalized spacial score (nSPS) is 10.0. The van der Waals surface area contributed by atoms with Crippen LogP contribution in [-0.4, -0.2) is 26.2 Å². The summed E-state index contributed by atoms with van der Waals surface area (Å²) in [5, 5.41) is 2.70. The molecule has 0 heterocycles. The van der Waals surface area contributed by atoms with Crippen LogP contribution >= 0.6 is 0 Å². The number of carbonyl (C=O) groups is 1. The van der Waals surface area contributed by atoms with Crippen LogP contribution in [-0.2, 0) is 4.79 Å². The van der Waals surface area contributed by atoms with E-state index in [1.165, 1.54) is 0 Å². The molecule has 25 heavy (non-hydrogen) atoms. The monoisotopic (exact) mass is 335 g/mol. The lowest BCUT2D eigenvalue weighted by atomic mass is 10.2. The van der Waals surface area contributed by atoms with Gasteiger partial charge in [0.05, 0.1) is 13.7 Å². The van der Waals surface area contributed by atoms with Crippen molar-refractivity contribution < 1.29 is 14.3 Å². The van der Waals surface area contributed by atoms with E-state index >= 15 is 0 Å². The predicted molar refractivity (Wildman–Crippen MR) is 99.5 cm³/mol. The number of methoxy groups -OCH3 is 1. The second-order valence-electron chi connectivity index (χ2n) is 5.14. The second-order valence-corrected chi connectivity index (χ2v) is 5.14. The van der Waals surface area contributed by atoms with Crippen LogP contribution in [0.3, 0.4) is 0 Å². The second kappa shape index (κ2) is 9.84. The first-order valence-corrected chi connectivity index (χ1v) is 7.97. The summed E-state index contributed by atoms with van der Waals surface area (Å²) in [6.07, 6.45) is 3.91. The predicted octanol–water partition coefficient (Wildman–Crippen LogP) is 3.28. The zero-order valence-electron chi connectivity index (χ0n) is 14.4. The zero-order chi connectivity index (χ0) is 17.9. The number of amides is 1. The van der Waals surface area contributed by atoms with Gasteiger partial charge in [-0.25, -0.2) is 0 Å². The van der Waals surface area contributed by atoms with Gasteiger partial charge >= 0.3 is 0 Å². The van der Waals surface area contributed by atoms with E-state index in [1.54, 1.807) is 13.2 Å². The Kier molecular flexibility index (Phi) is 7.14. The van der Waals surface area contributed by atoms with E-state index in [9.17, 15) is 4.79 Å². The van der Waals surface area contributed by atoms with Gasteiger partial charge in [-0.15, -0.1) is 0 Å². The van der Waals surface area contributed by atoms with Crippen molar-refractivity contribution in [3.8, 4) is 23.3 Å². The van der Waals surface area contributed by atoms with Crippen molar-refractivity contribution in [1.82, 2.24) is 5.32 Å². The van der Waals surface area contributed by atoms with Crippen LogP contribution in [0.2, 0.25) is 0 Å². The van der Waals surface area contributed by atoms with Crippen LogP contribution < -0.4 is 14.8 Å². The van der Waals surface area contributed by atoms with Gasteiger partial charge in [-0.2, -0.15) is 0 Å². The van der Waals surface area contributed by atoms with Crippen LogP contribution in [0.4, 0.5) is 0 Å². The van der Waals surface area contributed by atoms with Crippen molar-refractivity contribution in [2.75, 3.05) is 20.3 Å². The molecule has 4 heteroatoms. The van der Waals surface area contributed by atoms with Crippen molar-refractivity contribution in [3.63, 3.8) is 0 Å². The molecule has 0 saturated carbocycles. The van der Waals surface area contributed by atoms with Gasteiger partial charge in [0, 0.05) is 5.56 Å². The van der Waals surface area contributed by atoms with E-state index in [0.29, 0.717) is 11.5 Å². The van der Waals surface area contributed by atoms with E-state index in [-0.39, 0.29) is 19.1 Å². The van der Waals surface area contributed by atoms with Gasteiger partial charge in [0.15, 0.2) is 18.1 Å². The first kappa shape index (κ1) is 18.2. The Labute approximate surface area is 148 Å². The molecule has 128 valence electrons. The molecular weight excluding hydrogens is 314 g/mol. The van der Waals surface area contributed by atoms with Gasteiger partial charge in [0.1, 0.15) is 0 Å². The van der Waals surface area contributed by atoms with E-state index in [4.69, 9.17) is 9.47 Å². The number of hydrogen-bond donors (Lipinski definition) is 1. The highest BCUT2D eigenvalue weighted by Crippen LogP contribution is 2.28. The maximum absolute atomic E-state index is 11.8. The maximum Gasteiger partial charge on any atom is 0.258 e. The van der Waals surface area contributed by atoms with Gasteiger partial charge in [-0.05, 0) is 36.8 Å². The van der Waals surface area contributed by atoms with Gasteiger partial charge in [-0.1, -0.05) is 48.3 Å². The van der Waals surface area contributed by atoms with E-state index in [1.807, 2.05) is 61.5 Å². The minimum absolute atomic E-state index is 0.0909. The van der Waals surface area contributed by atoms with Crippen LogP contribution in [0.25, 0.3) is 6.08 Å². The molecule has 2 aromatic rings. The number of benzene rings is 2. The Morgan fingerprint density at radius 1 is 1.16 bits per heavy atom. The standard InChI is InChI=1S/C21H21NO3/c1-3-8-18-12-13-19(20(15-18)24-2)25-16-21(23)22-14-7-11-17-9-5-4-6-10-17/h3-6,8-10,12-13,15H,14,16H2,1-2H3,(H,22,23)/b8-3+. The molecule has 0 unspecified atom stereocenters. The van der Waals surface area contributed by atoms with Gasteiger partial charge in [-0.3, -0.25) is 4.79 Å². The Morgan fingerprint density at radius 2 is 1.96 bits per heavy atom. The highest BCUT2D eigenvalue weighted by Gasteiger charge is 2.07. The van der Waals surface area contributed by atoms with Crippen molar-refractivity contribution >= 4 is 12.0 Å². The number of rotatable bonds is 6. The molecule has 0 radical (unpaired) electrons. The fourth-order valence-corrected chi connectivity index (χ4v) is 2.10. The number of hydrogen-bond acceptors (Lipinski definition) is 3. The molecule has 0 spiro atoms. The minimum atomic E-state index is -0.234. The third-order valence-electron chi connectivity index (χ3n) is 3.29. The Morgan fingerprint density at radius 3 is 2.68 bits per heavy atom. The van der Waals surface area contributed by atoms with E-state index < -0.39 is 0 Å².